The zero-order chi connectivity index (χ0) is 17.5. The molecule has 2 aromatic carbocycles. The highest BCUT2D eigenvalue weighted by Crippen LogP contribution is 2.29. The number of amides is 1. The fourth-order valence-electron chi connectivity index (χ4n) is 2.27. The second-order valence-electron chi connectivity index (χ2n) is 5.20. The smallest absolute Gasteiger partial charge is 0.244 e. The minimum atomic E-state index is -0.338. The maximum Gasteiger partial charge on any atom is 0.244 e. The van der Waals surface area contributed by atoms with Crippen molar-refractivity contribution in [2.45, 2.75) is 13.5 Å². The van der Waals surface area contributed by atoms with Gasteiger partial charge >= 0.3 is 0 Å². The molecule has 2 aromatic rings. The van der Waals surface area contributed by atoms with Crippen LogP contribution in [0.15, 0.2) is 48.5 Å². The molecule has 0 aliphatic carbocycles. The van der Waals surface area contributed by atoms with Crippen LogP contribution in [0.2, 0.25) is 0 Å². The maximum atomic E-state index is 13.5. The average Bonchev–Trinajstić information content (AvgIpc) is 2.60. The van der Waals surface area contributed by atoms with Crippen molar-refractivity contribution < 1.29 is 18.7 Å². The number of carbonyl (C=O) groups is 1. The normalized spacial score (nSPS) is 11.1. The third-order valence-electron chi connectivity index (χ3n) is 3.59. The number of allylic oxidation sites excluding steroid dienone is 1. The highest BCUT2D eigenvalue weighted by Gasteiger charge is 2.09. The fraction of sp³-hybridized carbons (Fsp3) is 0.211. The summed E-state index contributed by atoms with van der Waals surface area (Å²) in [5.41, 5.74) is 1.97. The number of carbonyl (C=O) groups excluding carboxylic acids is 1. The van der Waals surface area contributed by atoms with Gasteiger partial charge in [0.25, 0.3) is 0 Å². The number of hydrogen-bond donors (Lipinski definition) is 1. The van der Waals surface area contributed by atoms with Gasteiger partial charge < -0.3 is 14.8 Å². The molecule has 0 bridgehead atoms. The summed E-state index contributed by atoms with van der Waals surface area (Å²) in [7, 11) is 3.14. The molecule has 0 heterocycles. The second-order valence-corrected chi connectivity index (χ2v) is 5.20. The van der Waals surface area contributed by atoms with E-state index in [9.17, 15) is 9.18 Å². The SMILES string of the molecule is COc1ccc(/C(C)=C/C(=O)NCc2ccccc2F)c(OC)c1. The van der Waals surface area contributed by atoms with Gasteiger partial charge in [0.05, 0.1) is 14.2 Å². The van der Waals surface area contributed by atoms with E-state index in [0.717, 1.165) is 11.1 Å². The first-order valence-corrected chi connectivity index (χ1v) is 7.47. The lowest BCUT2D eigenvalue weighted by Gasteiger charge is -2.11. The van der Waals surface area contributed by atoms with Crippen LogP contribution < -0.4 is 14.8 Å². The molecule has 24 heavy (non-hydrogen) atoms. The fourth-order valence-corrected chi connectivity index (χ4v) is 2.27. The minimum Gasteiger partial charge on any atom is -0.497 e. The Morgan fingerprint density at radius 1 is 1.17 bits per heavy atom. The second kappa shape index (κ2) is 8.15. The predicted molar refractivity (Wildman–Crippen MR) is 91.4 cm³/mol. The molecule has 0 unspecified atom stereocenters. The lowest BCUT2D eigenvalue weighted by molar-refractivity contribution is -0.116. The molecule has 0 fully saturated rings. The Morgan fingerprint density at radius 3 is 2.58 bits per heavy atom. The van der Waals surface area contributed by atoms with Crippen molar-refractivity contribution in [2.24, 2.45) is 0 Å². The molecule has 5 heteroatoms. The molecule has 1 amide bonds. The van der Waals surface area contributed by atoms with Crippen LogP contribution in [0.4, 0.5) is 4.39 Å². The van der Waals surface area contributed by atoms with Crippen LogP contribution in [0.3, 0.4) is 0 Å². The van der Waals surface area contributed by atoms with Gasteiger partial charge in [-0.3, -0.25) is 4.79 Å². The molecule has 0 aliphatic rings. The van der Waals surface area contributed by atoms with E-state index in [1.165, 1.54) is 12.1 Å². The molecule has 4 nitrogen and oxygen atoms in total. The molecule has 0 atom stereocenters. The van der Waals surface area contributed by atoms with E-state index in [4.69, 9.17) is 9.47 Å². The van der Waals surface area contributed by atoms with Crippen molar-refractivity contribution in [3.63, 3.8) is 0 Å². The Hall–Kier alpha value is -2.82. The number of rotatable bonds is 6. The van der Waals surface area contributed by atoms with Crippen molar-refractivity contribution in [3.05, 3.63) is 65.5 Å². The molecule has 0 aromatic heterocycles. The zero-order valence-electron chi connectivity index (χ0n) is 13.9. The van der Waals surface area contributed by atoms with E-state index in [2.05, 4.69) is 5.32 Å². The molecule has 126 valence electrons. The van der Waals surface area contributed by atoms with E-state index >= 15 is 0 Å². The largest absolute Gasteiger partial charge is 0.497 e. The topological polar surface area (TPSA) is 47.6 Å². The van der Waals surface area contributed by atoms with E-state index < -0.39 is 0 Å². The van der Waals surface area contributed by atoms with Crippen molar-refractivity contribution in [2.75, 3.05) is 14.2 Å². The summed E-state index contributed by atoms with van der Waals surface area (Å²) < 4.78 is 24.0. The van der Waals surface area contributed by atoms with Crippen LogP contribution in [0.25, 0.3) is 5.57 Å². The predicted octanol–water partition coefficient (Wildman–Crippen LogP) is 3.56. The molecule has 2 rings (SSSR count). The Balaban J connectivity index is 2.10. The number of benzene rings is 2. The van der Waals surface area contributed by atoms with Crippen molar-refractivity contribution in [1.29, 1.82) is 0 Å². The van der Waals surface area contributed by atoms with Crippen molar-refractivity contribution in [1.82, 2.24) is 5.32 Å². The summed E-state index contributed by atoms with van der Waals surface area (Å²) in [5.74, 6) is 0.654. The molecule has 0 aliphatic heterocycles. The first-order valence-electron chi connectivity index (χ1n) is 7.47. The maximum absolute atomic E-state index is 13.5. The lowest BCUT2D eigenvalue weighted by Crippen LogP contribution is -2.21. The molecular formula is C19H20FNO3. The van der Waals surface area contributed by atoms with Crippen LogP contribution in [0, 0.1) is 5.82 Å². The van der Waals surface area contributed by atoms with E-state index in [0.29, 0.717) is 17.1 Å². The van der Waals surface area contributed by atoms with E-state index in [1.807, 2.05) is 13.0 Å². The lowest BCUT2D eigenvalue weighted by atomic mass is 10.1. The third-order valence-corrected chi connectivity index (χ3v) is 3.59. The monoisotopic (exact) mass is 329 g/mol. The van der Waals surface area contributed by atoms with Crippen molar-refractivity contribution >= 4 is 11.5 Å². The van der Waals surface area contributed by atoms with Crippen molar-refractivity contribution in [3.8, 4) is 11.5 Å². The van der Waals surface area contributed by atoms with Gasteiger partial charge in [-0.15, -0.1) is 0 Å². The third kappa shape index (κ3) is 4.35. The first-order chi connectivity index (χ1) is 11.5. The summed E-state index contributed by atoms with van der Waals surface area (Å²) in [6.07, 6.45) is 1.46. The van der Waals surface area contributed by atoms with Crippen LogP contribution >= 0.6 is 0 Å². The number of hydrogen-bond acceptors (Lipinski definition) is 3. The standard InChI is InChI=1S/C19H20FNO3/c1-13(16-9-8-15(23-2)11-18(16)24-3)10-19(22)21-12-14-6-4-5-7-17(14)20/h4-11H,12H2,1-3H3,(H,21,22)/b13-10+. The number of halogens is 1. The number of nitrogens with one attached hydrogen (secondary N) is 1. The first kappa shape index (κ1) is 17.5. The van der Waals surface area contributed by atoms with Gasteiger partial charge in [0.15, 0.2) is 0 Å². The molecule has 0 saturated carbocycles. The highest BCUT2D eigenvalue weighted by molar-refractivity contribution is 5.95. The average molecular weight is 329 g/mol. The molecule has 0 saturated heterocycles. The summed E-state index contributed by atoms with van der Waals surface area (Å²) in [5, 5.41) is 2.68. The van der Waals surface area contributed by atoms with Gasteiger partial charge in [0, 0.05) is 29.8 Å². The van der Waals surface area contributed by atoms with Gasteiger partial charge in [0.2, 0.25) is 5.91 Å². The zero-order valence-corrected chi connectivity index (χ0v) is 13.9. The molecule has 1 N–H and O–H groups in total. The van der Waals surface area contributed by atoms with Crippen LogP contribution in [-0.4, -0.2) is 20.1 Å². The van der Waals surface area contributed by atoms with Gasteiger partial charge in [0.1, 0.15) is 17.3 Å². The Labute approximate surface area is 140 Å². The molecule has 0 spiro atoms. The Kier molecular flexibility index (Phi) is 5.95. The van der Waals surface area contributed by atoms with Gasteiger partial charge in [-0.25, -0.2) is 4.39 Å². The Bertz CT molecular complexity index is 756. The van der Waals surface area contributed by atoms with E-state index in [1.54, 1.807) is 44.6 Å². The molecule has 0 radical (unpaired) electrons. The van der Waals surface area contributed by atoms with Gasteiger partial charge in [-0.05, 0) is 30.7 Å². The summed E-state index contributed by atoms with van der Waals surface area (Å²) in [6.45, 7) is 1.95. The van der Waals surface area contributed by atoms with Gasteiger partial charge in [-0.1, -0.05) is 18.2 Å². The minimum absolute atomic E-state index is 0.134. The van der Waals surface area contributed by atoms with Crippen LogP contribution in [-0.2, 0) is 11.3 Å². The van der Waals surface area contributed by atoms with E-state index in [-0.39, 0.29) is 18.3 Å². The number of methoxy groups -OCH3 is 2. The summed E-state index contributed by atoms with van der Waals surface area (Å²) in [4.78, 5) is 12.1. The summed E-state index contributed by atoms with van der Waals surface area (Å²) in [6, 6.07) is 11.7. The van der Waals surface area contributed by atoms with Crippen LogP contribution in [0.1, 0.15) is 18.1 Å². The van der Waals surface area contributed by atoms with Crippen LogP contribution in [0.5, 0.6) is 11.5 Å². The molecular weight excluding hydrogens is 309 g/mol. The highest BCUT2D eigenvalue weighted by atomic mass is 19.1. The number of ether oxygens (including phenoxy) is 2. The quantitative estimate of drug-likeness (QED) is 0.824. The van der Waals surface area contributed by atoms with Gasteiger partial charge in [-0.2, -0.15) is 0 Å². The summed E-state index contributed by atoms with van der Waals surface area (Å²) >= 11 is 0. The Morgan fingerprint density at radius 2 is 1.92 bits per heavy atom.